The third kappa shape index (κ3) is 3.43. The fourth-order valence-electron chi connectivity index (χ4n) is 1.92. The number of carboxylic acids is 1. The molecule has 0 aliphatic carbocycles. The van der Waals surface area contributed by atoms with Crippen LogP contribution in [0.15, 0.2) is 18.2 Å². The van der Waals surface area contributed by atoms with E-state index in [1.165, 1.54) is 19.2 Å². The van der Waals surface area contributed by atoms with Gasteiger partial charge in [-0.25, -0.2) is 4.39 Å². The Balaban J connectivity index is 2.89. The number of methoxy groups -OCH3 is 1. The summed E-state index contributed by atoms with van der Waals surface area (Å²) < 4.78 is 18.3. The fraction of sp³-hybridized carbons (Fsp3) is 0.462. The quantitative estimate of drug-likeness (QED) is 0.846. The van der Waals surface area contributed by atoms with E-state index in [9.17, 15) is 9.18 Å². The molecule has 4 nitrogen and oxygen atoms in total. The average Bonchev–Trinajstić information content (AvgIpc) is 2.29. The van der Waals surface area contributed by atoms with Crippen molar-refractivity contribution in [3.63, 3.8) is 0 Å². The summed E-state index contributed by atoms with van der Waals surface area (Å²) in [5, 5.41) is 9.06. The number of nitrogens with zero attached hydrogens (tertiary/aromatic N) is 1. The topological polar surface area (TPSA) is 49.8 Å². The maximum absolute atomic E-state index is 13.2. The summed E-state index contributed by atoms with van der Waals surface area (Å²) >= 11 is 0. The molecule has 0 bridgehead atoms. The van der Waals surface area contributed by atoms with Crippen LogP contribution in [0.2, 0.25) is 0 Å². The van der Waals surface area contributed by atoms with Crippen LogP contribution in [0, 0.1) is 5.82 Å². The first-order chi connectivity index (χ1) is 8.49. The molecule has 1 unspecified atom stereocenters. The molecule has 0 saturated heterocycles. The first-order valence-corrected chi connectivity index (χ1v) is 5.75. The van der Waals surface area contributed by atoms with Crippen molar-refractivity contribution in [1.82, 2.24) is 4.90 Å². The number of ether oxygens (including phenoxy) is 1. The Morgan fingerprint density at radius 1 is 1.56 bits per heavy atom. The maximum atomic E-state index is 13.2. The van der Waals surface area contributed by atoms with Gasteiger partial charge in [-0.2, -0.15) is 0 Å². The Bertz CT molecular complexity index is 423. The molecule has 0 saturated carbocycles. The van der Waals surface area contributed by atoms with Crippen molar-refractivity contribution >= 4 is 5.97 Å². The Kier molecular flexibility index (Phi) is 5.09. The highest BCUT2D eigenvalue weighted by Crippen LogP contribution is 2.21. The first kappa shape index (κ1) is 14.4. The summed E-state index contributed by atoms with van der Waals surface area (Å²) in [4.78, 5) is 12.7. The normalized spacial score (nSPS) is 12.5. The predicted molar refractivity (Wildman–Crippen MR) is 66.1 cm³/mol. The number of aliphatic carboxylic acids is 1. The Morgan fingerprint density at radius 2 is 2.22 bits per heavy atom. The molecule has 0 amide bonds. The van der Waals surface area contributed by atoms with Crippen molar-refractivity contribution in [2.75, 3.05) is 14.2 Å². The van der Waals surface area contributed by atoms with Gasteiger partial charge in [-0.05, 0) is 31.7 Å². The minimum Gasteiger partial charge on any atom is -0.496 e. The highest BCUT2D eigenvalue weighted by Gasteiger charge is 2.21. The van der Waals surface area contributed by atoms with Crippen molar-refractivity contribution in [2.24, 2.45) is 0 Å². The molecule has 1 N–H and O–H groups in total. The third-order valence-corrected chi connectivity index (χ3v) is 2.87. The number of carboxylic acid groups (broad SMARTS) is 1. The second kappa shape index (κ2) is 6.35. The van der Waals surface area contributed by atoms with E-state index in [4.69, 9.17) is 9.84 Å². The summed E-state index contributed by atoms with van der Waals surface area (Å²) in [5.41, 5.74) is 0.639. The lowest BCUT2D eigenvalue weighted by Crippen LogP contribution is -2.37. The van der Waals surface area contributed by atoms with E-state index in [2.05, 4.69) is 0 Å². The second-order valence-corrected chi connectivity index (χ2v) is 4.13. The molecule has 1 atom stereocenters. The van der Waals surface area contributed by atoms with Crippen LogP contribution < -0.4 is 4.74 Å². The van der Waals surface area contributed by atoms with Crippen molar-refractivity contribution in [2.45, 2.75) is 25.9 Å². The Labute approximate surface area is 106 Å². The second-order valence-electron chi connectivity index (χ2n) is 4.13. The van der Waals surface area contributed by atoms with Gasteiger partial charge in [-0.3, -0.25) is 9.69 Å². The van der Waals surface area contributed by atoms with Crippen molar-refractivity contribution < 1.29 is 19.0 Å². The van der Waals surface area contributed by atoms with Gasteiger partial charge in [0.05, 0.1) is 7.11 Å². The van der Waals surface area contributed by atoms with E-state index < -0.39 is 12.0 Å². The number of hydrogen-bond donors (Lipinski definition) is 1. The van der Waals surface area contributed by atoms with Gasteiger partial charge < -0.3 is 9.84 Å². The van der Waals surface area contributed by atoms with E-state index in [0.29, 0.717) is 24.3 Å². The Hall–Kier alpha value is -1.62. The zero-order chi connectivity index (χ0) is 13.7. The zero-order valence-electron chi connectivity index (χ0n) is 10.8. The van der Waals surface area contributed by atoms with Crippen LogP contribution in [0.3, 0.4) is 0 Å². The molecular weight excluding hydrogens is 237 g/mol. The lowest BCUT2D eigenvalue weighted by atomic mass is 10.1. The van der Waals surface area contributed by atoms with E-state index in [1.807, 2.05) is 0 Å². The van der Waals surface area contributed by atoms with Crippen molar-refractivity contribution in [3.8, 4) is 5.75 Å². The minimum absolute atomic E-state index is 0.325. The van der Waals surface area contributed by atoms with E-state index in [-0.39, 0.29) is 5.82 Å². The molecule has 0 aliphatic heterocycles. The van der Waals surface area contributed by atoms with Gasteiger partial charge in [0.15, 0.2) is 0 Å². The Morgan fingerprint density at radius 3 is 2.72 bits per heavy atom. The standard InChI is InChI=1S/C13H18FNO3/c1-4-11(13(16)17)15(2)8-9-7-10(14)5-6-12(9)18-3/h5-7,11H,4,8H2,1-3H3,(H,16,17). The van der Waals surface area contributed by atoms with Crippen LogP contribution in [0.5, 0.6) is 5.75 Å². The summed E-state index contributed by atoms with van der Waals surface area (Å²) in [6.07, 6.45) is 0.490. The van der Waals surface area contributed by atoms with Gasteiger partial charge in [0.25, 0.3) is 0 Å². The zero-order valence-corrected chi connectivity index (χ0v) is 10.8. The van der Waals surface area contributed by atoms with Crippen molar-refractivity contribution in [1.29, 1.82) is 0 Å². The number of hydrogen-bond acceptors (Lipinski definition) is 3. The van der Waals surface area contributed by atoms with Crippen LogP contribution in [0.25, 0.3) is 0 Å². The molecule has 18 heavy (non-hydrogen) atoms. The van der Waals surface area contributed by atoms with Gasteiger partial charge >= 0.3 is 5.97 Å². The molecule has 1 aromatic carbocycles. The lowest BCUT2D eigenvalue weighted by Gasteiger charge is -2.24. The predicted octanol–water partition coefficient (Wildman–Crippen LogP) is 2.13. The summed E-state index contributed by atoms with van der Waals surface area (Å²) in [7, 11) is 3.21. The molecule has 1 rings (SSSR count). The summed E-state index contributed by atoms with van der Waals surface area (Å²) in [6, 6.07) is 3.64. The first-order valence-electron chi connectivity index (χ1n) is 5.75. The van der Waals surface area contributed by atoms with E-state index >= 15 is 0 Å². The largest absolute Gasteiger partial charge is 0.496 e. The molecule has 5 heteroatoms. The number of benzene rings is 1. The smallest absolute Gasteiger partial charge is 0.320 e. The number of carbonyl (C=O) groups is 1. The van der Waals surface area contributed by atoms with Gasteiger partial charge in [0.1, 0.15) is 17.6 Å². The molecule has 0 spiro atoms. The average molecular weight is 255 g/mol. The summed E-state index contributed by atoms with van der Waals surface area (Å²) in [5.74, 6) is -0.679. The SMILES string of the molecule is CCC(C(=O)O)N(C)Cc1cc(F)ccc1OC. The maximum Gasteiger partial charge on any atom is 0.320 e. The van der Waals surface area contributed by atoms with Crippen molar-refractivity contribution in [3.05, 3.63) is 29.6 Å². The molecule has 0 heterocycles. The van der Waals surface area contributed by atoms with Crippen LogP contribution >= 0.6 is 0 Å². The van der Waals surface area contributed by atoms with Gasteiger partial charge in [-0.15, -0.1) is 0 Å². The monoisotopic (exact) mass is 255 g/mol. The third-order valence-electron chi connectivity index (χ3n) is 2.87. The number of halogens is 1. The highest BCUT2D eigenvalue weighted by molar-refractivity contribution is 5.73. The molecular formula is C13H18FNO3. The molecule has 0 aromatic heterocycles. The summed E-state index contributed by atoms with van der Waals surface area (Å²) in [6.45, 7) is 2.13. The van der Waals surface area contributed by atoms with Crippen LogP contribution in [-0.2, 0) is 11.3 Å². The molecule has 0 aliphatic rings. The minimum atomic E-state index is -0.879. The number of rotatable bonds is 6. The van der Waals surface area contributed by atoms with Gasteiger partial charge in [0.2, 0.25) is 0 Å². The van der Waals surface area contributed by atoms with Crippen LogP contribution in [-0.4, -0.2) is 36.2 Å². The molecule has 0 radical (unpaired) electrons. The van der Waals surface area contributed by atoms with Gasteiger partial charge in [-0.1, -0.05) is 6.92 Å². The lowest BCUT2D eigenvalue weighted by molar-refractivity contribution is -0.143. The number of likely N-dealkylation sites (N-methyl/N-ethyl adjacent to an activating group) is 1. The van der Waals surface area contributed by atoms with E-state index in [1.54, 1.807) is 24.9 Å². The van der Waals surface area contributed by atoms with Crippen LogP contribution in [0.1, 0.15) is 18.9 Å². The van der Waals surface area contributed by atoms with Crippen LogP contribution in [0.4, 0.5) is 4.39 Å². The van der Waals surface area contributed by atoms with E-state index in [0.717, 1.165) is 0 Å². The fourth-order valence-corrected chi connectivity index (χ4v) is 1.92. The molecule has 0 fully saturated rings. The highest BCUT2D eigenvalue weighted by atomic mass is 19.1. The molecule has 1 aromatic rings. The van der Waals surface area contributed by atoms with Gasteiger partial charge in [0, 0.05) is 12.1 Å². The molecule has 100 valence electrons.